The van der Waals surface area contributed by atoms with Gasteiger partial charge in [-0.25, -0.2) is 0 Å². The molecule has 17 heavy (non-hydrogen) atoms. The smallest absolute Gasteiger partial charge is 0.291 e. The number of nitrogens with one attached hydrogen (secondary N) is 1. The Morgan fingerprint density at radius 1 is 1.35 bits per heavy atom. The van der Waals surface area contributed by atoms with Gasteiger partial charge in [0.15, 0.2) is 10.4 Å². The monoisotopic (exact) mass is 405 g/mol. The average Bonchev–Trinajstić information content (AvgIpc) is 2.69. The highest BCUT2D eigenvalue weighted by molar-refractivity contribution is 14.1. The second-order valence-corrected chi connectivity index (χ2v) is 5.54. The van der Waals surface area contributed by atoms with Crippen LogP contribution in [-0.4, -0.2) is 5.91 Å². The number of carbonyl (C=O) groups is 1. The first kappa shape index (κ1) is 12.6. The van der Waals surface area contributed by atoms with Crippen molar-refractivity contribution < 1.29 is 9.21 Å². The van der Waals surface area contributed by atoms with Crippen molar-refractivity contribution in [3.05, 3.63) is 49.9 Å². The van der Waals surface area contributed by atoms with E-state index in [0.29, 0.717) is 4.67 Å². The number of amides is 1. The molecule has 0 atom stereocenters. The summed E-state index contributed by atoms with van der Waals surface area (Å²) in [7, 11) is 0. The van der Waals surface area contributed by atoms with Crippen molar-refractivity contribution >= 4 is 50.1 Å². The van der Waals surface area contributed by atoms with Gasteiger partial charge >= 0.3 is 0 Å². The highest BCUT2D eigenvalue weighted by atomic mass is 127. The fraction of sp³-hybridized carbons (Fsp3) is 0.0833. The van der Waals surface area contributed by atoms with Crippen LogP contribution in [-0.2, 0) is 0 Å². The molecule has 0 unspecified atom stereocenters. The summed E-state index contributed by atoms with van der Waals surface area (Å²) in [5.74, 6) is 0.0369. The molecule has 0 spiro atoms. The van der Waals surface area contributed by atoms with Gasteiger partial charge in [-0.1, -0.05) is 0 Å². The van der Waals surface area contributed by atoms with Crippen LogP contribution in [0.3, 0.4) is 0 Å². The van der Waals surface area contributed by atoms with Crippen LogP contribution in [0.5, 0.6) is 0 Å². The van der Waals surface area contributed by atoms with Gasteiger partial charge in [-0.2, -0.15) is 0 Å². The molecule has 0 saturated heterocycles. The maximum absolute atomic E-state index is 11.8. The van der Waals surface area contributed by atoms with Crippen LogP contribution in [0.25, 0.3) is 0 Å². The molecule has 1 amide bonds. The predicted molar refractivity (Wildman–Crippen MR) is 78.3 cm³/mol. The molecule has 2 aromatic rings. The third-order valence-corrected chi connectivity index (χ3v) is 3.33. The Bertz CT molecular complexity index is 565. The number of hydrogen-bond donors (Lipinski definition) is 1. The van der Waals surface area contributed by atoms with Gasteiger partial charge in [0, 0.05) is 9.26 Å². The van der Waals surface area contributed by atoms with E-state index in [9.17, 15) is 4.79 Å². The van der Waals surface area contributed by atoms with Crippen molar-refractivity contribution in [2.45, 2.75) is 6.92 Å². The molecule has 0 bridgehead atoms. The van der Waals surface area contributed by atoms with E-state index in [1.807, 2.05) is 25.1 Å². The van der Waals surface area contributed by atoms with Crippen LogP contribution in [0.15, 0.2) is 39.4 Å². The van der Waals surface area contributed by atoms with Gasteiger partial charge in [0.05, 0.1) is 0 Å². The van der Waals surface area contributed by atoms with E-state index in [0.717, 1.165) is 14.8 Å². The van der Waals surface area contributed by atoms with Gasteiger partial charge < -0.3 is 9.73 Å². The van der Waals surface area contributed by atoms with E-state index in [2.05, 4.69) is 43.8 Å². The molecular weight excluding hydrogens is 397 g/mol. The van der Waals surface area contributed by atoms with Gasteiger partial charge in [-0.05, 0) is 81.3 Å². The molecule has 88 valence electrons. The zero-order chi connectivity index (χ0) is 12.4. The SMILES string of the molecule is Cc1cc(I)ccc1NC(=O)c1ccc(Br)o1. The number of hydrogen-bond acceptors (Lipinski definition) is 2. The molecule has 0 aliphatic carbocycles. The van der Waals surface area contributed by atoms with Crippen LogP contribution in [0.4, 0.5) is 5.69 Å². The number of halogens is 2. The first-order chi connectivity index (χ1) is 8.06. The van der Waals surface area contributed by atoms with E-state index in [1.54, 1.807) is 12.1 Å². The third-order valence-electron chi connectivity index (χ3n) is 2.23. The van der Waals surface area contributed by atoms with Crippen molar-refractivity contribution in [1.82, 2.24) is 0 Å². The van der Waals surface area contributed by atoms with Crippen LogP contribution in [0, 0.1) is 10.5 Å². The number of anilines is 1. The highest BCUT2D eigenvalue weighted by Crippen LogP contribution is 2.20. The van der Waals surface area contributed by atoms with Crippen LogP contribution >= 0.6 is 38.5 Å². The fourth-order valence-electron chi connectivity index (χ4n) is 1.39. The zero-order valence-electron chi connectivity index (χ0n) is 8.96. The third kappa shape index (κ3) is 3.10. The Morgan fingerprint density at radius 2 is 2.12 bits per heavy atom. The standard InChI is InChI=1S/C12H9BrINO2/c1-7-6-8(14)2-3-9(7)15-12(16)10-4-5-11(13)17-10/h2-6H,1H3,(H,15,16). The van der Waals surface area contributed by atoms with Gasteiger partial charge in [-0.15, -0.1) is 0 Å². The van der Waals surface area contributed by atoms with E-state index >= 15 is 0 Å². The van der Waals surface area contributed by atoms with Crippen molar-refractivity contribution in [1.29, 1.82) is 0 Å². The summed E-state index contributed by atoms with van der Waals surface area (Å²) >= 11 is 5.40. The van der Waals surface area contributed by atoms with Crippen LogP contribution < -0.4 is 5.32 Å². The normalized spacial score (nSPS) is 10.3. The lowest BCUT2D eigenvalue weighted by Gasteiger charge is -2.07. The minimum absolute atomic E-state index is 0.250. The van der Waals surface area contributed by atoms with Crippen LogP contribution in [0.2, 0.25) is 0 Å². The summed E-state index contributed by atoms with van der Waals surface area (Å²) in [5.41, 5.74) is 1.82. The quantitative estimate of drug-likeness (QED) is 0.760. The summed E-state index contributed by atoms with van der Waals surface area (Å²) in [6.07, 6.45) is 0. The number of furan rings is 1. The Balaban J connectivity index is 2.18. The van der Waals surface area contributed by atoms with E-state index in [1.165, 1.54) is 0 Å². The zero-order valence-corrected chi connectivity index (χ0v) is 12.7. The largest absolute Gasteiger partial charge is 0.444 e. The molecule has 1 aromatic carbocycles. The first-order valence-electron chi connectivity index (χ1n) is 4.89. The fourth-order valence-corrected chi connectivity index (χ4v) is 2.34. The molecule has 0 fully saturated rings. The Kier molecular flexibility index (Phi) is 3.88. The molecule has 2 rings (SSSR count). The summed E-state index contributed by atoms with van der Waals surface area (Å²) in [6.45, 7) is 1.95. The maximum Gasteiger partial charge on any atom is 0.291 e. The van der Waals surface area contributed by atoms with Gasteiger partial charge in [-0.3, -0.25) is 4.79 Å². The molecule has 0 radical (unpaired) electrons. The Morgan fingerprint density at radius 3 is 2.71 bits per heavy atom. The second kappa shape index (κ2) is 5.22. The van der Waals surface area contributed by atoms with Crippen molar-refractivity contribution in [2.24, 2.45) is 0 Å². The lowest BCUT2D eigenvalue weighted by atomic mass is 10.2. The topological polar surface area (TPSA) is 42.2 Å². The molecule has 1 heterocycles. The molecule has 3 nitrogen and oxygen atoms in total. The molecular formula is C12H9BrINO2. The Labute approximate surface area is 121 Å². The van der Waals surface area contributed by atoms with Crippen molar-refractivity contribution in [3.8, 4) is 0 Å². The molecule has 1 aromatic heterocycles. The lowest BCUT2D eigenvalue weighted by Crippen LogP contribution is -2.11. The summed E-state index contributed by atoms with van der Waals surface area (Å²) in [6, 6.07) is 9.15. The highest BCUT2D eigenvalue weighted by Gasteiger charge is 2.11. The first-order valence-corrected chi connectivity index (χ1v) is 6.76. The van der Waals surface area contributed by atoms with Gasteiger partial charge in [0.1, 0.15) is 0 Å². The number of carbonyl (C=O) groups excluding carboxylic acids is 1. The van der Waals surface area contributed by atoms with Gasteiger partial charge in [0.25, 0.3) is 5.91 Å². The average molecular weight is 406 g/mol. The molecule has 1 N–H and O–H groups in total. The van der Waals surface area contributed by atoms with Gasteiger partial charge in [0.2, 0.25) is 0 Å². The molecule has 0 aliphatic rings. The Hall–Kier alpha value is -0.820. The summed E-state index contributed by atoms with van der Waals surface area (Å²) in [4.78, 5) is 11.8. The number of benzene rings is 1. The minimum Gasteiger partial charge on any atom is -0.444 e. The minimum atomic E-state index is -0.250. The van der Waals surface area contributed by atoms with Crippen molar-refractivity contribution in [2.75, 3.05) is 5.32 Å². The van der Waals surface area contributed by atoms with E-state index in [-0.39, 0.29) is 11.7 Å². The second-order valence-electron chi connectivity index (χ2n) is 3.52. The summed E-state index contributed by atoms with van der Waals surface area (Å²) in [5, 5.41) is 2.81. The van der Waals surface area contributed by atoms with Crippen molar-refractivity contribution in [3.63, 3.8) is 0 Å². The molecule has 0 saturated carbocycles. The lowest BCUT2D eigenvalue weighted by molar-refractivity contribution is 0.0995. The molecule has 0 aliphatic heterocycles. The van der Waals surface area contributed by atoms with E-state index in [4.69, 9.17) is 4.42 Å². The van der Waals surface area contributed by atoms with Crippen LogP contribution in [0.1, 0.15) is 16.1 Å². The number of aryl methyl sites for hydroxylation is 1. The number of rotatable bonds is 2. The van der Waals surface area contributed by atoms with E-state index < -0.39 is 0 Å². The summed E-state index contributed by atoms with van der Waals surface area (Å²) < 4.78 is 6.87. The maximum atomic E-state index is 11.8. The predicted octanol–water partition coefficient (Wildman–Crippen LogP) is 4.21. The molecule has 5 heteroatoms.